The van der Waals surface area contributed by atoms with Gasteiger partial charge in [0.25, 0.3) is 0 Å². The Morgan fingerprint density at radius 1 is 1.00 bits per heavy atom. The molecule has 3 N–H and O–H groups in total. The standard InChI is InChI=1S/C7H16NO3.HI/c1-8(2)3-5(9)7(11)6(10)4-8;/h5-7,9-11H,3-4H2,1-2H3;1H/q+1;/p-1/t5-,6-;/m1./s1. The summed E-state index contributed by atoms with van der Waals surface area (Å²) >= 11 is 0. The molecule has 0 unspecified atom stereocenters. The number of rotatable bonds is 0. The minimum Gasteiger partial charge on any atom is -1.00 e. The number of halogens is 1. The number of hydrogen-bond donors (Lipinski definition) is 3. The molecule has 0 saturated carbocycles. The Morgan fingerprint density at radius 2 is 1.33 bits per heavy atom. The van der Waals surface area contributed by atoms with Gasteiger partial charge in [-0.25, -0.2) is 0 Å². The molecule has 1 aliphatic heterocycles. The highest BCUT2D eigenvalue weighted by Crippen LogP contribution is 2.15. The van der Waals surface area contributed by atoms with E-state index < -0.39 is 18.3 Å². The van der Waals surface area contributed by atoms with E-state index in [0.717, 1.165) is 0 Å². The van der Waals surface area contributed by atoms with Crippen LogP contribution in [0.15, 0.2) is 0 Å². The molecular formula is C7H16INO3. The van der Waals surface area contributed by atoms with Crippen molar-refractivity contribution < 1.29 is 43.8 Å². The molecule has 74 valence electrons. The van der Waals surface area contributed by atoms with Gasteiger partial charge in [-0.15, -0.1) is 0 Å². The molecule has 0 aromatic rings. The van der Waals surface area contributed by atoms with Gasteiger partial charge in [-0.2, -0.15) is 0 Å². The summed E-state index contributed by atoms with van der Waals surface area (Å²) in [4.78, 5) is 0. The van der Waals surface area contributed by atoms with Crippen molar-refractivity contribution in [3.05, 3.63) is 0 Å². The van der Waals surface area contributed by atoms with E-state index in [4.69, 9.17) is 5.11 Å². The number of piperidine rings is 1. The van der Waals surface area contributed by atoms with Gasteiger partial charge in [0.15, 0.2) is 0 Å². The Hall–Kier alpha value is 0.570. The van der Waals surface area contributed by atoms with E-state index in [-0.39, 0.29) is 24.0 Å². The molecule has 1 fully saturated rings. The highest BCUT2D eigenvalue weighted by atomic mass is 127. The van der Waals surface area contributed by atoms with Gasteiger partial charge in [-0.3, -0.25) is 0 Å². The molecule has 12 heavy (non-hydrogen) atoms. The van der Waals surface area contributed by atoms with Crippen LogP contribution < -0.4 is 24.0 Å². The zero-order chi connectivity index (χ0) is 8.65. The maximum absolute atomic E-state index is 9.26. The van der Waals surface area contributed by atoms with Gasteiger partial charge >= 0.3 is 0 Å². The number of aliphatic hydroxyl groups excluding tert-OH is 3. The molecule has 4 nitrogen and oxygen atoms in total. The molecule has 0 aromatic heterocycles. The topological polar surface area (TPSA) is 60.7 Å². The lowest BCUT2D eigenvalue weighted by atomic mass is 10.0. The van der Waals surface area contributed by atoms with E-state index in [2.05, 4.69) is 0 Å². The average molecular weight is 289 g/mol. The van der Waals surface area contributed by atoms with E-state index in [0.29, 0.717) is 17.6 Å². The predicted octanol–water partition coefficient (Wildman–Crippen LogP) is -4.84. The highest BCUT2D eigenvalue weighted by Gasteiger charge is 2.39. The lowest BCUT2D eigenvalue weighted by molar-refractivity contribution is -0.903. The fraction of sp³-hybridized carbons (Fsp3) is 1.00. The van der Waals surface area contributed by atoms with Crippen LogP contribution in [0.25, 0.3) is 0 Å². The summed E-state index contributed by atoms with van der Waals surface area (Å²) in [6.45, 7) is 0.996. The molecule has 0 bridgehead atoms. The normalized spacial score (nSPS) is 40.2. The van der Waals surface area contributed by atoms with E-state index in [1.54, 1.807) is 0 Å². The van der Waals surface area contributed by atoms with Crippen LogP contribution in [-0.2, 0) is 0 Å². The minimum atomic E-state index is -0.971. The van der Waals surface area contributed by atoms with Gasteiger partial charge in [-0.05, 0) is 0 Å². The van der Waals surface area contributed by atoms with E-state index in [1.807, 2.05) is 14.1 Å². The maximum atomic E-state index is 9.26. The summed E-state index contributed by atoms with van der Waals surface area (Å²) in [6.07, 6.45) is -2.57. The molecule has 1 rings (SSSR count). The molecule has 1 aliphatic rings. The van der Waals surface area contributed by atoms with Gasteiger partial charge in [0.2, 0.25) is 0 Å². The van der Waals surface area contributed by atoms with Gasteiger partial charge < -0.3 is 43.8 Å². The zero-order valence-electron chi connectivity index (χ0n) is 7.31. The third-order valence-corrected chi connectivity index (χ3v) is 2.15. The van der Waals surface area contributed by atoms with Crippen LogP contribution in [0.1, 0.15) is 0 Å². The molecule has 1 heterocycles. The van der Waals surface area contributed by atoms with Crippen LogP contribution in [-0.4, -0.2) is 65.3 Å². The second-order valence-corrected chi connectivity index (χ2v) is 3.93. The Labute approximate surface area is 89.4 Å². The van der Waals surface area contributed by atoms with Crippen molar-refractivity contribution in [3.8, 4) is 0 Å². The molecular weight excluding hydrogens is 273 g/mol. The zero-order valence-corrected chi connectivity index (χ0v) is 9.47. The number of hydrogen-bond acceptors (Lipinski definition) is 3. The highest BCUT2D eigenvalue weighted by molar-refractivity contribution is 4.79. The van der Waals surface area contributed by atoms with Crippen molar-refractivity contribution in [2.24, 2.45) is 0 Å². The van der Waals surface area contributed by atoms with Crippen molar-refractivity contribution in [3.63, 3.8) is 0 Å². The number of aliphatic hydroxyl groups is 3. The van der Waals surface area contributed by atoms with Crippen LogP contribution >= 0.6 is 0 Å². The van der Waals surface area contributed by atoms with Gasteiger partial charge in [-0.1, -0.05) is 0 Å². The second kappa shape index (κ2) is 4.19. The first-order chi connectivity index (χ1) is 4.92. The van der Waals surface area contributed by atoms with Crippen LogP contribution in [0.5, 0.6) is 0 Å². The predicted molar refractivity (Wildman–Crippen MR) is 39.9 cm³/mol. The first kappa shape index (κ1) is 12.6. The first-order valence-corrected chi connectivity index (χ1v) is 3.78. The molecule has 0 radical (unpaired) electrons. The SMILES string of the molecule is C[N+]1(C)C[C@@H](O)C(O)[C@H](O)C1.[I-]. The Morgan fingerprint density at radius 3 is 1.67 bits per heavy atom. The fourth-order valence-electron chi connectivity index (χ4n) is 1.56. The maximum Gasteiger partial charge on any atom is 0.131 e. The van der Waals surface area contributed by atoms with Crippen molar-refractivity contribution in [1.29, 1.82) is 0 Å². The lowest BCUT2D eigenvalue weighted by Crippen LogP contribution is -3.00. The van der Waals surface area contributed by atoms with Crippen molar-refractivity contribution in [2.45, 2.75) is 18.3 Å². The molecule has 1 saturated heterocycles. The Balaban J connectivity index is 0.00000121. The van der Waals surface area contributed by atoms with Crippen molar-refractivity contribution in [2.75, 3.05) is 27.2 Å². The summed E-state index contributed by atoms with van der Waals surface area (Å²) in [5, 5.41) is 27.7. The molecule has 0 aliphatic carbocycles. The van der Waals surface area contributed by atoms with Crippen LogP contribution in [0.3, 0.4) is 0 Å². The summed E-state index contributed by atoms with van der Waals surface area (Å²) in [5.74, 6) is 0. The fourth-order valence-corrected chi connectivity index (χ4v) is 1.56. The third kappa shape index (κ3) is 2.81. The van der Waals surface area contributed by atoms with E-state index in [1.165, 1.54) is 0 Å². The summed E-state index contributed by atoms with van der Waals surface area (Å²) in [5.41, 5.74) is 0. The molecule has 0 amide bonds. The summed E-state index contributed by atoms with van der Waals surface area (Å²) in [6, 6.07) is 0. The minimum absolute atomic E-state index is 0. The molecule has 2 atom stereocenters. The molecule has 0 spiro atoms. The quantitative estimate of drug-likeness (QED) is 0.310. The number of likely N-dealkylation sites (tertiary alicyclic amines) is 1. The summed E-state index contributed by atoms with van der Waals surface area (Å²) in [7, 11) is 3.83. The first-order valence-electron chi connectivity index (χ1n) is 3.78. The number of likely N-dealkylation sites (N-methyl/N-ethyl adjacent to an activating group) is 1. The van der Waals surface area contributed by atoms with Crippen LogP contribution in [0.2, 0.25) is 0 Å². The number of quaternary nitrogens is 1. The lowest BCUT2D eigenvalue weighted by Gasteiger charge is -2.41. The smallest absolute Gasteiger partial charge is 0.131 e. The van der Waals surface area contributed by atoms with Crippen LogP contribution in [0, 0.1) is 0 Å². The van der Waals surface area contributed by atoms with Crippen molar-refractivity contribution >= 4 is 0 Å². The monoisotopic (exact) mass is 289 g/mol. The third-order valence-electron chi connectivity index (χ3n) is 2.15. The van der Waals surface area contributed by atoms with Crippen LogP contribution in [0.4, 0.5) is 0 Å². The van der Waals surface area contributed by atoms with Gasteiger partial charge in [0, 0.05) is 0 Å². The molecule has 0 aromatic carbocycles. The van der Waals surface area contributed by atoms with E-state index >= 15 is 0 Å². The average Bonchev–Trinajstić information content (AvgIpc) is 1.81. The van der Waals surface area contributed by atoms with Gasteiger partial charge in [0.05, 0.1) is 14.1 Å². The Kier molecular flexibility index (Phi) is 4.39. The van der Waals surface area contributed by atoms with Gasteiger partial charge in [0.1, 0.15) is 31.4 Å². The number of nitrogens with zero attached hydrogens (tertiary/aromatic N) is 1. The largest absolute Gasteiger partial charge is 1.00 e. The second-order valence-electron chi connectivity index (χ2n) is 3.93. The Bertz CT molecular complexity index is 140. The molecule has 5 heteroatoms. The summed E-state index contributed by atoms with van der Waals surface area (Å²) < 4.78 is 0.555. The van der Waals surface area contributed by atoms with E-state index in [9.17, 15) is 10.2 Å². The van der Waals surface area contributed by atoms with Crippen molar-refractivity contribution in [1.82, 2.24) is 0 Å².